The molecule has 0 spiro atoms. The van der Waals surface area contributed by atoms with E-state index in [0.29, 0.717) is 6.54 Å². The third-order valence-corrected chi connectivity index (χ3v) is 2.13. The number of halogens is 1. The maximum Gasteiger partial charge on any atom is 0.271 e. The van der Waals surface area contributed by atoms with Gasteiger partial charge in [0.25, 0.3) is 5.91 Å². The van der Waals surface area contributed by atoms with Gasteiger partial charge in [-0.25, -0.2) is 0 Å². The van der Waals surface area contributed by atoms with E-state index in [2.05, 4.69) is 20.4 Å². The van der Waals surface area contributed by atoms with Crippen LogP contribution >= 0.6 is 11.6 Å². The minimum absolute atomic E-state index is 0.220. The maximum atomic E-state index is 11.5. The van der Waals surface area contributed by atoms with Crippen LogP contribution in [0.25, 0.3) is 0 Å². The van der Waals surface area contributed by atoms with Gasteiger partial charge in [0.2, 0.25) is 0 Å². The van der Waals surface area contributed by atoms with Gasteiger partial charge in [-0.05, 0) is 39.2 Å². The Morgan fingerprint density at radius 3 is 2.75 bits per heavy atom. The summed E-state index contributed by atoms with van der Waals surface area (Å²) in [4.78, 5) is 13.6. The quantitative estimate of drug-likeness (QED) is 0.777. The lowest BCUT2D eigenvalue weighted by molar-refractivity contribution is 0.0946. The van der Waals surface area contributed by atoms with Crippen LogP contribution in [0.1, 0.15) is 16.9 Å². The van der Waals surface area contributed by atoms with E-state index >= 15 is 0 Å². The third-order valence-electron chi connectivity index (χ3n) is 1.93. The topological polar surface area (TPSA) is 58.1 Å². The van der Waals surface area contributed by atoms with E-state index < -0.39 is 0 Å². The molecular formula is C10H15ClN4O. The van der Waals surface area contributed by atoms with E-state index in [0.717, 1.165) is 13.0 Å². The molecule has 1 aromatic rings. The molecule has 6 heteroatoms. The molecule has 1 rings (SSSR count). The molecular weight excluding hydrogens is 228 g/mol. The highest BCUT2D eigenvalue weighted by molar-refractivity contribution is 6.29. The van der Waals surface area contributed by atoms with Gasteiger partial charge in [0, 0.05) is 6.54 Å². The molecule has 0 aliphatic rings. The predicted octanol–water partition coefficient (Wildman–Crippen LogP) is 0.811. The number of carbonyl (C=O) groups excluding carboxylic acids is 1. The first-order valence-electron chi connectivity index (χ1n) is 5.02. The van der Waals surface area contributed by atoms with Crippen LogP contribution in [0.4, 0.5) is 0 Å². The minimum Gasteiger partial charge on any atom is -0.351 e. The molecule has 1 amide bonds. The molecule has 0 fully saturated rings. The monoisotopic (exact) mass is 242 g/mol. The molecule has 0 unspecified atom stereocenters. The Bertz CT molecular complexity index is 339. The highest BCUT2D eigenvalue weighted by atomic mass is 35.5. The molecule has 0 radical (unpaired) electrons. The summed E-state index contributed by atoms with van der Waals surface area (Å²) in [5.74, 6) is -0.220. The average Bonchev–Trinajstić information content (AvgIpc) is 2.25. The van der Waals surface area contributed by atoms with Crippen LogP contribution in [0.3, 0.4) is 0 Å². The van der Waals surface area contributed by atoms with Crippen molar-refractivity contribution in [3.05, 3.63) is 23.0 Å². The van der Waals surface area contributed by atoms with Gasteiger partial charge >= 0.3 is 0 Å². The van der Waals surface area contributed by atoms with Crippen molar-refractivity contribution in [2.45, 2.75) is 6.42 Å². The number of nitrogens with one attached hydrogen (secondary N) is 1. The van der Waals surface area contributed by atoms with Gasteiger partial charge in [-0.2, -0.15) is 0 Å². The van der Waals surface area contributed by atoms with E-state index in [1.807, 2.05) is 14.1 Å². The number of amides is 1. The van der Waals surface area contributed by atoms with Gasteiger partial charge in [-0.3, -0.25) is 4.79 Å². The third kappa shape index (κ3) is 4.55. The van der Waals surface area contributed by atoms with E-state index in [1.165, 1.54) is 0 Å². The number of aromatic nitrogens is 2. The van der Waals surface area contributed by atoms with Crippen molar-refractivity contribution >= 4 is 17.5 Å². The van der Waals surface area contributed by atoms with Gasteiger partial charge in [0.15, 0.2) is 10.8 Å². The van der Waals surface area contributed by atoms with Crippen LogP contribution in [0.15, 0.2) is 12.1 Å². The lowest BCUT2D eigenvalue weighted by Crippen LogP contribution is -2.27. The molecule has 1 heterocycles. The van der Waals surface area contributed by atoms with E-state index in [-0.39, 0.29) is 16.8 Å². The Morgan fingerprint density at radius 2 is 2.19 bits per heavy atom. The molecule has 0 aromatic carbocycles. The summed E-state index contributed by atoms with van der Waals surface area (Å²) in [5.41, 5.74) is 0.286. The zero-order valence-corrected chi connectivity index (χ0v) is 10.2. The Balaban J connectivity index is 2.32. The maximum absolute atomic E-state index is 11.5. The molecule has 0 aliphatic carbocycles. The van der Waals surface area contributed by atoms with E-state index in [4.69, 9.17) is 11.6 Å². The lowest BCUT2D eigenvalue weighted by Gasteiger charge is -2.09. The second-order valence-electron chi connectivity index (χ2n) is 3.65. The van der Waals surface area contributed by atoms with Crippen LogP contribution in [-0.4, -0.2) is 48.2 Å². The van der Waals surface area contributed by atoms with Gasteiger partial charge in [0.1, 0.15) is 0 Å². The van der Waals surface area contributed by atoms with E-state index in [1.54, 1.807) is 12.1 Å². The van der Waals surface area contributed by atoms with Crippen molar-refractivity contribution in [2.24, 2.45) is 0 Å². The van der Waals surface area contributed by atoms with Crippen molar-refractivity contribution in [1.82, 2.24) is 20.4 Å². The smallest absolute Gasteiger partial charge is 0.271 e. The standard InChI is InChI=1S/C10H15ClN4O/c1-15(2)7-3-6-12-10(16)8-4-5-9(11)14-13-8/h4-5H,3,6-7H2,1-2H3,(H,12,16). The van der Waals surface area contributed by atoms with Crippen molar-refractivity contribution in [2.75, 3.05) is 27.2 Å². The largest absolute Gasteiger partial charge is 0.351 e. The molecule has 0 aliphatic heterocycles. The molecule has 16 heavy (non-hydrogen) atoms. The van der Waals surface area contributed by atoms with Crippen LogP contribution in [0, 0.1) is 0 Å². The second kappa shape index (κ2) is 6.40. The van der Waals surface area contributed by atoms with Crippen molar-refractivity contribution in [3.8, 4) is 0 Å². The summed E-state index contributed by atoms with van der Waals surface area (Å²) < 4.78 is 0. The molecule has 5 nitrogen and oxygen atoms in total. The predicted molar refractivity (Wildman–Crippen MR) is 62.5 cm³/mol. The van der Waals surface area contributed by atoms with Crippen LogP contribution < -0.4 is 5.32 Å². The number of carbonyl (C=O) groups is 1. The molecule has 0 saturated heterocycles. The summed E-state index contributed by atoms with van der Waals surface area (Å²) in [6.45, 7) is 1.56. The van der Waals surface area contributed by atoms with Crippen LogP contribution in [-0.2, 0) is 0 Å². The highest BCUT2D eigenvalue weighted by Crippen LogP contribution is 2.01. The van der Waals surface area contributed by atoms with Crippen LogP contribution in [0.5, 0.6) is 0 Å². The summed E-state index contributed by atoms with van der Waals surface area (Å²) >= 11 is 5.57. The Morgan fingerprint density at radius 1 is 1.44 bits per heavy atom. The summed E-state index contributed by atoms with van der Waals surface area (Å²) in [6.07, 6.45) is 0.903. The average molecular weight is 243 g/mol. The number of hydrogen-bond acceptors (Lipinski definition) is 4. The highest BCUT2D eigenvalue weighted by Gasteiger charge is 2.06. The first kappa shape index (κ1) is 12.9. The normalized spacial score (nSPS) is 10.5. The molecule has 0 saturated carbocycles. The second-order valence-corrected chi connectivity index (χ2v) is 4.04. The van der Waals surface area contributed by atoms with Gasteiger partial charge in [-0.15, -0.1) is 10.2 Å². The number of nitrogens with zero attached hydrogens (tertiary/aromatic N) is 3. The van der Waals surface area contributed by atoms with Crippen molar-refractivity contribution < 1.29 is 4.79 Å². The first-order chi connectivity index (χ1) is 7.59. The molecule has 1 N–H and O–H groups in total. The molecule has 0 atom stereocenters. The SMILES string of the molecule is CN(C)CCCNC(=O)c1ccc(Cl)nn1. The Hall–Kier alpha value is -1.20. The zero-order chi connectivity index (χ0) is 12.0. The lowest BCUT2D eigenvalue weighted by atomic mass is 10.3. The Kier molecular flexibility index (Phi) is 5.14. The number of hydrogen-bond donors (Lipinski definition) is 1. The molecule has 88 valence electrons. The first-order valence-corrected chi connectivity index (χ1v) is 5.39. The Labute approximate surface area is 99.8 Å². The number of rotatable bonds is 5. The van der Waals surface area contributed by atoms with Crippen molar-refractivity contribution in [3.63, 3.8) is 0 Å². The fourth-order valence-corrected chi connectivity index (χ4v) is 1.23. The van der Waals surface area contributed by atoms with Crippen LogP contribution in [0.2, 0.25) is 5.15 Å². The zero-order valence-electron chi connectivity index (χ0n) is 9.40. The van der Waals surface area contributed by atoms with E-state index in [9.17, 15) is 4.79 Å². The summed E-state index contributed by atoms with van der Waals surface area (Å²) in [6, 6.07) is 3.10. The van der Waals surface area contributed by atoms with Gasteiger partial charge < -0.3 is 10.2 Å². The van der Waals surface area contributed by atoms with Crippen molar-refractivity contribution in [1.29, 1.82) is 0 Å². The fraction of sp³-hybridized carbons (Fsp3) is 0.500. The molecule has 0 bridgehead atoms. The summed E-state index contributed by atoms with van der Waals surface area (Å²) in [7, 11) is 3.99. The molecule has 1 aromatic heterocycles. The van der Waals surface area contributed by atoms with Gasteiger partial charge in [-0.1, -0.05) is 11.6 Å². The minimum atomic E-state index is -0.220. The van der Waals surface area contributed by atoms with Gasteiger partial charge in [0.05, 0.1) is 0 Å². The summed E-state index contributed by atoms with van der Waals surface area (Å²) in [5, 5.41) is 10.3. The fourth-order valence-electron chi connectivity index (χ4n) is 1.12.